The first-order chi connectivity index (χ1) is 14.9. The monoisotopic (exact) mass is 418 g/mol. The van der Waals surface area contributed by atoms with Crippen LogP contribution in [0.15, 0.2) is 59.4 Å². The largest absolute Gasteiger partial charge is 0.331 e. The lowest BCUT2D eigenvalue weighted by Gasteiger charge is -2.24. The third-order valence-electron chi connectivity index (χ3n) is 5.45. The Balaban J connectivity index is 1.98. The summed E-state index contributed by atoms with van der Waals surface area (Å²) in [6.07, 6.45) is 0.672. The number of rotatable bonds is 8. The molecule has 1 heterocycles. The Labute approximate surface area is 183 Å². The summed E-state index contributed by atoms with van der Waals surface area (Å²) >= 11 is 0. The van der Waals surface area contributed by atoms with E-state index in [1.807, 2.05) is 68.4 Å². The van der Waals surface area contributed by atoms with Crippen molar-refractivity contribution in [2.24, 2.45) is 5.73 Å². The lowest BCUT2D eigenvalue weighted by molar-refractivity contribution is 0.0735. The summed E-state index contributed by atoms with van der Waals surface area (Å²) in [5.74, 6) is 0.488. The molecule has 0 aliphatic rings. The molecule has 31 heavy (non-hydrogen) atoms. The van der Waals surface area contributed by atoms with Gasteiger partial charge in [0.2, 0.25) is 0 Å². The molecule has 3 aromatic rings. The van der Waals surface area contributed by atoms with Gasteiger partial charge >= 0.3 is 0 Å². The molecule has 0 atom stereocenters. The van der Waals surface area contributed by atoms with E-state index >= 15 is 0 Å². The number of aryl methyl sites for hydroxylation is 2. The molecular weight excluding hydrogens is 388 g/mol. The average molecular weight is 419 g/mol. The Morgan fingerprint density at radius 3 is 2.35 bits per heavy atom. The summed E-state index contributed by atoms with van der Waals surface area (Å²) in [5, 5.41) is 0. The highest BCUT2D eigenvalue weighted by molar-refractivity contribution is 5.94. The highest BCUT2D eigenvalue weighted by Crippen LogP contribution is 2.13. The van der Waals surface area contributed by atoms with Crippen molar-refractivity contribution in [3.63, 3.8) is 0 Å². The molecule has 6 heteroatoms. The summed E-state index contributed by atoms with van der Waals surface area (Å²) in [6, 6.07) is 17.3. The van der Waals surface area contributed by atoms with Crippen molar-refractivity contribution in [3.8, 4) is 0 Å². The van der Waals surface area contributed by atoms with Crippen LogP contribution < -0.4 is 11.3 Å². The first-order valence-corrected chi connectivity index (χ1v) is 10.6. The molecule has 0 unspecified atom stereocenters. The minimum absolute atomic E-state index is 0.0760. The predicted molar refractivity (Wildman–Crippen MR) is 123 cm³/mol. The molecule has 1 aromatic heterocycles. The van der Waals surface area contributed by atoms with Crippen LogP contribution in [0.25, 0.3) is 0 Å². The maximum Gasteiger partial charge on any atom is 0.257 e. The number of hydrogen-bond acceptors (Lipinski definition) is 4. The molecule has 1 amide bonds. The lowest BCUT2D eigenvalue weighted by atomic mass is 10.1. The second-order valence-electron chi connectivity index (χ2n) is 7.85. The van der Waals surface area contributed by atoms with Crippen molar-refractivity contribution < 1.29 is 4.79 Å². The average Bonchev–Trinajstić information content (AvgIpc) is 2.78. The Morgan fingerprint density at radius 2 is 1.71 bits per heavy atom. The van der Waals surface area contributed by atoms with E-state index in [9.17, 15) is 9.59 Å². The molecule has 0 radical (unpaired) electrons. The second kappa shape index (κ2) is 10.2. The number of carbonyl (C=O) groups is 1. The van der Waals surface area contributed by atoms with Gasteiger partial charge in [-0.15, -0.1) is 0 Å². The molecule has 2 aromatic carbocycles. The normalized spacial score (nSPS) is 10.8. The van der Waals surface area contributed by atoms with Crippen LogP contribution in [0.1, 0.15) is 45.0 Å². The van der Waals surface area contributed by atoms with Gasteiger partial charge in [-0.25, -0.2) is 4.98 Å². The number of aromatic nitrogens is 2. The minimum Gasteiger partial charge on any atom is -0.331 e. The first-order valence-electron chi connectivity index (χ1n) is 10.6. The SMILES string of the molecule is Cc1ccc(C(=O)N(CCCN)Cc2nc(C)c(C)c(=O)n2Cc2ccccc2)cc1. The quantitative estimate of drug-likeness (QED) is 0.609. The molecule has 0 saturated carbocycles. The second-order valence-corrected chi connectivity index (χ2v) is 7.85. The van der Waals surface area contributed by atoms with Crippen molar-refractivity contribution in [2.75, 3.05) is 13.1 Å². The molecule has 162 valence electrons. The van der Waals surface area contributed by atoms with Crippen LogP contribution >= 0.6 is 0 Å². The summed E-state index contributed by atoms with van der Waals surface area (Å²) in [6.45, 7) is 7.25. The van der Waals surface area contributed by atoms with E-state index < -0.39 is 0 Å². The summed E-state index contributed by atoms with van der Waals surface area (Å²) in [4.78, 5) is 32.8. The molecule has 0 spiro atoms. The van der Waals surface area contributed by atoms with Gasteiger partial charge in [-0.1, -0.05) is 48.0 Å². The number of amides is 1. The zero-order chi connectivity index (χ0) is 22.4. The van der Waals surface area contributed by atoms with Gasteiger partial charge in [-0.3, -0.25) is 14.2 Å². The highest BCUT2D eigenvalue weighted by atomic mass is 16.2. The number of benzene rings is 2. The summed E-state index contributed by atoms with van der Waals surface area (Å²) < 4.78 is 1.68. The zero-order valence-electron chi connectivity index (χ0n) is 18.5. The highest BCUT2D eigenvalue weighted by Gasteiger charge is 2.20. The topological polar surface area (TPSA) is 81.2 Å². The maximum atomic E-state index is 13.2. The fourth-order valence-electron chi connectivity index (χ4n) is 3.45. The third-order valence-corrected chi connectivity index (χ3v) is 5.45. The maximum absolute atomic E-state index is 13.2. The van der Waals surface area contributed by atoms with Crippen molar-refractivity contribution in [3.05, 3.63) is 98.7 Å². The van der Waals surface area contributed by atoms with Gasteiger partial charge < -0.3 is 10.6 Å². The molecule has 2 N–H and O–H groups in total. The fourth-order valence-corrected chi connectivity index (χ4v) is 3.45. The van der Waals surface area contributed by atoms with Crippen molar-refractivity contribution in [2.45, 2.75) is 40.3 Å². The standard InChI is InChI=1S/C25H30N4O2/c1-18-10-12-22(13-11-18)25(31)28(15-7-14-26)17-23-27-20(3)19(2)24(30)29(23)16-21-8-5-4-6-9-21/h4-6,8-13H,7,14-17,26H2,1-3H3. The summed E-state index contributed by atoms with van der Waals surface area (Å²) in [5.41, 5.74) is 9.67. The van der Waals surface area contributed by atoms with E-state index in [0.29, 0.717) is 48.7 Å². The Kier molecular flexibility index (Phi) is 7.36. The van der Waals surface area contributed by atoms with E-state index in [2.05, 4.69) is 0 Å². The van der Waals surface area contributed by atoms with E-state index in [0.717, 1.165) is 11.1 Å². The van der Waals surface area contributed by atoms with Gasteiger partial charge in [-0.05, 0) is 51.4 Å². The minimum atomic E-state index is -0.0906. The van der Waals surface area contributed by atoms with Crippen LogP contribution in [0.2, 0.25) is 0 Å². The van der Waals surface area contributed by atoms with Gasteiger partial charge in [0, 0.05) is 23.4 Å². The fraction of sp³-hybridized carbons (Fsp3) is 0.320. The van der Waals surface area contributed by atoms with Gasteiger partial charge in [0.15, 0.2) is 0 Å². The molecule has 6 nitrogen and oxygen atoms in total. The molecule has 0 aliphatic heterocycles. The van der Waals surface area contributed by atoms with Crippen LogP contribution in [0.4, 0.5) is 0 Å². The molecule has 0 aliphatic carbocycles. The van der Waals surface area contributed by atoms with Crippen LogP contribution in [-0.2, 0) is 13.1 Å². The Morgan fingerprint density at radius 1 is 1.03 bits per heavy atom. The molecule has 0 saturated heterocycles. The number of carbonyl (C=O) groups excluding carboxylic acids is 1. The molecule has 3 rings (SSSR count). The van der Waals surface area contributed by atoms with E-state index in [4.69, 9.17) is 10.7 Å². The number of hydrogen-bond donors (Lipinski definition) is 1. The Bertz CT molecular complexity index is 1090. The van der Waals surface area contributed by atoms with Gasteiger partial charge in [0.05, 0.1) is 13.1 Å². The van der Waals surface area contributed by atoms with E-state index in [-0.39, 0.29) is 18.0 Å². The van der Waals surface area contributed by atoms with Crippen molar-refractivity contribution in [1.29, 1.82) is 0 Å². The van der Waals surface area contributed by atoms with Crippen LogP contribution in [0.3, 0.4) is 0 Å². The van der Waals surface area contributed by atoms with Crippen molar-refractivity contribution >= 4 is 5.91 Å². The Hall–Kier alpha value is -3.25. The number of nitrogens with zero attached hydrogens (tertiary/aromatic N) is 3. The number of nitrogens with two attached hydrogens (primary N) is 1. The van der Waals surface area contributed by atoms with E-state index in [1.165, 1.54) is 0 Å². The molecular formula is C25H30N4O2. The van der Waals surface area contributed by atoms with Crippen LogP contribution in [-0.4, -0.2) is 33.4 Å². The van der Waals surface area contributed by atoms with Gasteiger partial charge in [0.25, 0.3) is 11.5 Å². The van der Waals surface area contributed by atoms with E-state index in [1.54, 1.807) is 16.4 Å². The molecule has 0 bridgehead atoms. The van der Waals surface area contributed by atoms with Gasteiger partial charge in [-0.2, -0.15) is 0 Å². The smallest absolute Gasteiger partial charge is 0.257 e. The predicted octanol–water partition coefficient (Wildman–Crippen LogP) is 3.21. The summed E-state index contributed by atoms with van der Waals surface area (Å²) in [7, 11) is 0. The zero-order valence-corrected chi connectivity index (χ0v) is 18.5. The van der Waals surface area contributed by atoms with Crippen LogP contribution in [0.5, 0.6) is 0 Å². The van der Waals surface area contributed by atoms with Crippen LogP contribution in [0, 0.1) is 20.8 Å². The lowest BCUT2D eigenvalue weighted by Crippen LogP contribution is -2.37. The first kappa shape index (κ1) is 22.4. The molecule has 0 fully saturated rings. The van der Waals surface area contributed by atoms with Gasteiger partial charge in [0.1, 0.15) is 5.82 Å². The third kappa shape index (κ3) is 5.47. The van der Waals surface area contributed by atoms with Crippen molar-refractivity contribution in [1.82, 2.24) is 14.5 Å².